The van der Waals surface area contributed by atoms with Gasteiger partial charge in [-0.15, -0.1) is 0 Å². The number of nitrogens with two attached hydrogens (primary N) is 1. The standard InChI is InChI=1S/C11H17N5O/c1-2-3-4-8(5-17)16-7-15-9-10(12)13-6-14-11(9)16/h6-8,17H,2-5H2,1H3,(H2,12,13,14). The lowest BCUT2D eigenvalue weighted by molar-refractivity contribution is 0.220. The van der Waals surface area contributed by atoms with E-state index in [1.54, 1.807) is 6.33 Å². The molecule has 0 fully saturated rings. The van der Waals surface area contributed by atoms with Crippen LogP contribution in [0.25, 0.3) is 11.2 Å². The smallest absolute Gasteiger partial charge is 0.165 e. The first kappa shape index (κ1) is 11.8. The number of rotatable bonds is 5. The molecule has 1 atom stereocenters. The van der Waals surface area contributed by atoms with Crippen LogP contribution in [0.3, 0.4) is 0 Å². The quantitative estimate of drug-likeness (QED) is 0.810. The Morgan fingerprint density at radius 2 is 2.24 bits per heavy atom. The van der Waals surface area contributed by atoms with Crippen molar-refractivity contribution in [3.8, 4) is 0 Å². The molecule has 0 aliphatic heterocycles. The van der Waals surface area contributed by atoms with Crippen LogP contribution in [0.15, 0.2) is 12.7 Å². The highest BCUT2D eigenvalue weighted by molar-refractivity contribution is 5.81. The Kier molecular flexibility index (Phi) is 3.53. The lowest BCUT2D eigenvalue weighted by Crippen LogP contribution is -2.13. The van der Waals surface area contributed by atoms with E-state index in [9.17, 15) is 5.11 Å². The molecule has 0 spiro atoms. The Hall–Kier alpha value is -1.69. The van der Waals surface area contributed by atoms with Crippen molar-refractivity contribution in [1.82, 2.24) is 19.5 Å². The number of nitrogen functional groups attached to an aromatic ring is 1. The summed E-state index contributed by atoms with van der Waals surface area (Å²) in [5.41, 5.74) is 7.01. The van der Waals surface area contributed by atoms with Gasteiger partial charge in [0, 0.05) is 0 Å². The first-order chi connectivity index (χ1) is 8.27. The maximum Gasteiger partial charge on any atom is 0.165 e. The minimum Gasteiger partial charge on any atom is -0.394 e. The zero-order valence-corrected chi connectivity index (χ0v) is 9.87. The molecule has 2 rings (SSSR count). The summed E-state index contributed by atoms with van der Waals surface area (Å²) in [6.07, 6.45) is 6.16. The van der Waals surface area contributed by atoms with E-state index in [1.165, 1.54) is 6.33 Å². The van der Waals surface area contributed by atoms with Crippen molar-refractivity contribution >= 4 is 17.0 Å². The third-order valence-electron chi connectivity index (χ3n) is 2.88. The van der Waals surface area contributed by atoms with E-state index in [4.69, 9.17) is 5.73 Å². The molecular weight excluding hydrogens is 218 g/mol. The van der Waals surface area contributed by atoms with Gasteiger partial charge in [-0.05, 0) is 6.42 Å². The minimum absolute atomic E-state index is 0.00856. The Morgan fingerprint density at radius 1 is 1.41 bits per heavy atom. The van der Waals surface area contributed by atoms with E-state index >= 15 is 0 Å². The van der Waals surface area contributed by atoms with Gasteiger partial charge in [-0.2, -0.15) is 0 Å². The first-order valence-corrected chi connectivity index (χ1v) is 5.81. The van der Waals surface area contributed by atoms with Crippen LogP contribution < -0.4 is 5.73 Å². The average molecular weight is 235 g/mol. The summed E-state index contributed by atoms with van der Waals surface area (Å²) >= 11 is 0. The number of fused-ring (bicyclic) bond motifs is 1. The van der Waals surface area contributed by atoms with Crippen LogP contribution in [0.1, 0.15) is 32.2 Å². The van der Waals surface area contributed by atoms with Gasteiger partial charge in [-0.3, -0.25) is 0 Å². The second-order valence-electron chi connectivity index (χ2n) is 4.06. The van der Waals surface area contributed by atoms with E-state index < -0.39 is 0 Å². The van der Waals surface area contributed by atoms with Crippen molar-refractivity contribution < 1.29 is 5.11 Å². The molecule has 0 aliphatic rings. The Balaban J connectivity index is 2.37. The molecule has 0 aliphatic carbocycles. The summed E-state index contributed by atoms with van der Waals surface area (Å²) in [6.45, 7) is 2.20. The zero-order valence-electron chi connectivity index (χ0n) is 9.87. The van der Waals surface area contributed by atoms with Gasteiger partial charge >= 0.3 is 0 Å². The summed E-state index contributed by atoms with van der Waals surface area (Å²) in [6, 6.07) is 0.00856. The first-order valence-electron chi connectivity index (χ1n) is 5.81. The van der Waals surface area contributed by atoms with Gasteiger partial charge in [0.05, 0.1) is 19.0 Å². The van der Waals surface area contributed by atoms with Gasteiger partial charge in [0.15, 0.2) is 11.5 Å². The Morgan fingerprint density at radius 3 is 2.94 bits per heavy atom. The molecule has 0 radical (unpaired) electrons. The average Bonchev–Trinajstić information content (AvgIpc) is 2.76. The van der Waals surface area contributed by atoms with Crippen molar-refractivity contribution in [2.45, 2.75) is 32.2 Å². The largest absolute Gasteiger partial charge is 0.394 e. The number of hydrogen-bond acceptors (Lipinski definition) is 5. The van der Waals surface area contributed by atoms with Gasteiger partial charge in [0.1, 0.15) is 11.8 Å². The number of aromatic nitrogens is 4. The minimum atomic E-state index is 0.00856. The molecule has 0 amide bonds. The summed E-state index contributed by atoms with van der Waals surface area (Å²) in [7, 11) is 0. The van der Waals surface area contributed by atoms with Crippen LogP contribution in [0.2, 0.25) is 0 Å². The van der Waals surface area contributed by atoms with E-state index in [0.717, 1.165) is 19.3 Å². The lowest BCUT2D eigenvalue weighted by Gasteiger charge is -2.15. The molecule has 3 N–H and O–H groups in total. The van der Waals surface area contributed by atoms with Crippen molar-refractivity contribution in [3.63, 3.8) is 0 Å². The van der Waals surface area contributed by atoms with Crippen LogP contribution >= 0.6 is 0 Å². The van der Waals surface area contributed by atoms with Crippen LogP contribution in [0.4, 0.5) is 5.82 Å². The fraction of sp³-hybridized carbons (Fsp3) is 0.545. The number of hydrogen-bond donors (Lipinski definition) is 2. The monoisotopic (exact) mass is 235 g/mol. The Labute approximate surface area is 99.5 Å². The predicted octanol–water partition coefficient (Wildman–Crippen LogP) is 1.13. The fourth-order valence-corrected chi connectivity index (χ4v) is 1.90. The molecule has 6 heteroatoms. The lowest BCUT2D eigenvalue weighted by atomic mass is 10.1. The molecule has 0 saturated heterocycles. The van der Waals surface area contributed by atoms with Crippen LogP contribution in [-0.2, 0) is 0 Å². The van der Waals surface area contributed by atoms with Crippen LogP contribution in [0, 0.1) is 0 Å². The predicted molar refractivity (Wildman–Crippen MR) is 65.4 cm³/mol. The SMILES string of the molecule is CCCCC(CO)n1cnc2c(N)ncnc21. The number of anilines is 1. The maximum absolute atomic E-state index is 9.43. The Bertz CT molecular complexity index is 496. The summed E-state index contributed by atoms with van der Waals surface area (Å²) in [5.74, 6) is 0.376. The molecule has 0 bridgehead atoms. The maximum atomic E-state index is 9.43. The topological polar surface area (TPSA) is 89.8 Å². The third-order valence-corrected chi connectivity index (χ3v) is 2.88. The number of imidazole rings is 1. The number of aliphatic hydroxyl groups excluding tert-OH is 1. The fourth-order valence-electron chi connectivity index (χ4n) is 1.90. The molecule has 0 saturated carbocycles. The number of nitrogens with zero attached hydrogens (tertiary/aromatic N) is 4. The van der Waals surface area contributed by atoms with Gasteiger partial charge in [-0.25, -0.2) is 15.0 Å². The molecule has 6 nitrogen and oxygen atoms in total. The second-order valence-corrected chi connectivity index (χ2v) is 4.06. The molecule has 1 unspecified atom stereocenters. The number of aliphatic hydroxyl groups is 1. The second kappa shape index (κ2) is 5.09. The highest BCUT2D eigenvalue weighted by atomic mass is 16.3. The normalized spacial score (nSPS) is 13.1. The highest BCUT2D eigenvalue weighted by Gasteiger charge is 2.15. The van der Waals surface area contributed by atoms with Gasteiger partial charge in [-0.1, -0.05) is 19.8 Å². The molecule has 2 aromatic rings. The van der Waals surface area contributed by atoms with E-state index in [-0.39, 0.29) is 12.6 Å². The zero-order chi connectivity index (χ0) is 12.3. The van der Waals surface area contributed by atoms with Crippen molar-refractivity contribution in [2.75, 3.05) is 12.3 Å². The molecular formula is C11H17N5O. The molecule has 0 aromatic carbocycles. The molecule has 17 heavy (non-hydrogen) atoms. The van der Waals surface area contributed by atoms with Gasteiger partial charge < -0.3 is 15.4 Å². The van der Waals surface area contributed by atoms with Crippen LogP contribution in [0.5, 0.6) is 0 Å². The van der Waals surface area contributed by atoms with Crippen molar-refractivity contribution in [3.05, 3.63) is 12.7 Å². The summed E-state index contributed by atoms with van der Waals surface area (Å²) in [5, 5.41) is 9.43. The van der Waals surface area contributed by atoms with Crippen LogP contribution in [-0.4, -0.2) is 31.2 Å². The van der Waals surface area contributed by atoms with Gasteiger partial charge in [0.2, 0.25) is 0 Å². The molecule has 92 valence electrons. The molecule has 2 aromatic heterocycles. The van der Waals surface area contributed by atoms with E-state index in [0.29, 0.717) is 17.0 Å². The van der Waals surface area contributed by atoms with E-state index in [2.05, 4.69) is 21.9 Å². The van der Waals surface area contributed by atoms with Gasteiger partial charge in [0.25, 0.3) is 0 Å². The summed E-state index contributed by atoms with van der Waals surface area (Å²) < 4.78 is 1.88. The highest BCUT2D eigenvalue weighted by Crippen LogP contribution is 2.21. The molecule has 2 heterocycles. The van der Waals surface area contributed by atoms with Crippen molar-refractivity contribution in [2.24, 2.45) is 0 Å². The summed E-state index contributed by atoms with van der Waals surface area (Å²) in [4.78, 5) is 12.3. The van der Waals surface area contributed by atoms with E-state index in [1.807, 2.05) is 4.57 Å². The number of unbranched alkanes of at least 4 members (excludes halogenated alkanes) is 1. The van der Waals surface area contributed by atoms with Crippen molar-refractivity contribution in [1.29, 1.82) is 0 Å². The third kappa shape index (κ3) is 2.21.